The van der Waals surface area contributed by atoms with Crippen molar-refractivity contribution in [1.29, 1.82) is 0 Å². The van der Waals surface area contributed by atoms with Gasteiger partial charge in [-0.25, -0.2) is 0 Å². The second kappa shape index (κ2) is 3.30. The molecule has 0 N–H and O–H groups in total. The highest BCUT2D eigenvalue weighted by Crippen LogP contribution is 2.38. The first-order valence-corrected chi connectivity index (χ1v) is 4.17. The summed E-state index contributed by atoms with van der Waals surface area (Å²) in [5.41, 5.74) is 0. The van der Waals surface area contributed by atoms with Gasteiger partial charge in [0.2, 0.25) is 0 Å². The zero-order valence-electron chi connectivity index (χ0n) is 6.44. The second-order valence-electron chi connectivity index (χ2n) is 2.38. The first kappa shape index (κ1) is 11.1. The molecule has 0 radical (unpaired) electrons. The zero-order valence-corrected chi connectivity index (χ0v) is 7.25. The first-order chi connectivity index (χ1) is 6.27. The Bertz CT molecular complexity index is 326. The maximum atomic E-state index is 12.4. The smallest absolute Gasteiger partial charge is 0.286 e. The largest absolute Gasteiger partial charge is 0.461 e. The van der Waals surface area contributed by atoms with Crippen LogP contribution in [0, 0.1) is 0 Å². The van der Waals surface area contributed by atoms with Crippen LogP contribution in [0.3, 0.4) is 0 Å². The van der Waals surface area contributed by atoms with Crippen molar-refractivity contribution in [2.24, 2.45) is 0 Å². The maximum absolute atomic E-state index is 12.4. The minimum Gasteiger partial charge on any atom is -0.286 e. The zero-order chi connectivity index (χ0) is 11.0. The second-order valence-corrected chi connectivity index (χ2v) is 3.33. The van der Waals surface area contributed by atoms with Crippen molar-refractivity contribution >= 4 is 17.1 Å². The highest BCUT2D eigenvalue weighted by Gasteiger charge is 2.63. The number of Topliss-reactive ketones (excluding diaryl/α,β-unsaturated/α-hetero) is 1. The summed E-state index contributed by atoms with van der Waals surface area (Å²) in [4.78, 5) is 10.1. The normalized spacial score (nSPS) is 12.9. The molecule has 0 aliphatic heterocycles. The number of hydrogen-bond donors (Lipinski definition) is 0. The molecule has 1 aromatic rings. The highest BCUT2D eigenvalue weighted by molar-refractivity contribution is 7.12. The van der Waals surface area contributed by atoms with Crippen molar-refractivity contribution in [3.05, 3.63) is 22.4 Å². The predicted octanol–water partition coefficient (Wildman–Crippen LogP) is 3.13. The molecular formula is C7H3F5OS. The van der Waals surface area contributed by atoms with Crippen molar-refractivity contribution in [3.8, 4) is 0 Å². The van der Waals surface area contributed by atoms with Crippen molar-refractivity contribution in [3.63, 3.8) is 0 Å². The van der Waals surface area contributed by atoms with Crippen molar-refractivity contribution < 1.29 is 26.7 Å². The molecule has 1 nitrogen and oxygen atoms in total. The van der Waals surface area contributed by atoms with Crippen LogP contribution in [0.2, 0.25) is 0 Å². The Kier molecular flexibility index (Phi) is 2.62. The highest BCUT2D eigenvalue weighted by atomic mass is 32.1. The SMILES string of the molecule is O=C(c1cccs1)C(F)(F)C(F)(F)F. The van der Waals surface area contributed by atoms with Crippen LogP contribution in [-0.2, 0) is 0 Å². The minimum atomic E-state index is -5.84. The van der Waals surface area contributed by atoms with Gasteiger partial charge in [-0.3, -0.25) is 4.79 Å². The summed E-state index contributed by atoms with van der Waals surface area (Å²) in [6.07, 6.45) is -5.84. The van der Waals surface area contributed by atoms with Gasteiger partial charge >= 0.3 is 12.1 Å². The molecule has 0 bridgehead atoms. The van der Waals surface area contributed by atoms with E-state index < -0.39 is 22.8 Å². The van der Waals surface area contributed by atoms with E-state index in [1.807, 2.05) is 0 Å². The number of carbonyl (C=O) groups excluding carboxylic acids is 1. The van der Waals surface area contributed by atoms with Gasteiger partial charge in [-0.1, -0.05) is 6.07 Å². The molecule has 0 atom stereocenters. The quantitative estimate of drug-likeness (QED) is 0.563. The van der Waals surface area contributed by atoms with E-state index in [9.17, 15) is 26.7 Å². The molecule has 0 aliphatic rings. The number of alkyl halides is 5. The molecule has 0 aromatic carbocycles. The van der Waals surface area contributed by atoms with E-state index in [0.717, 1.165) is 6.07 Å². The lowest BCUT2D eigenvalue weighted by atomic mass is 10.2. The molecule has 1 aromatic heterocycles. The lowest BCUT2D eigenvalue weighted by Gasteiger charge is -2.16. The fourth-order valence-corrected chi connectivity index (χ4v) is 1.39. The van der Waals surface area contributed by atoms with Crippen LogP contribution in [0.1, 0.15) is 9.67 Å². The predicted molar refractivity (Wildman–Crippen MR) is 39.7 cm³/mol. The number of ketones is 1. The molecular weight excluding hydrogens is 227 g/mol. The van der Waals surface area contributed by atoms with Gasteiger partial charge in [0.25, 0.3) is 5.78 Å². The Morgan fingerprint density at radius 1 is 1.21 bits per heavy atom. The van der Waals surface area contributed by atoms with Crippen LogP contribution in [0.15, 0.2) is 17.5 Å². The number of hydrogen-bond acceptors (Lipinski definition) is 2. The fourth-order valence-electron chi connectivity index (χ4n) is 0.691. The van der Waals surface area contributed by atoms with E-state index in [1.54, 1.807) is 0 Å². The molecule has 14 heavy (non-hydrogen) atoms. The van der Waals surface area contributed by atoms with Gasteiger partial charge in [-0.2, -0.15) is 22.0 Å². The molecule has 7 heteroatoms. The van der Waals surface area contributed by atoms with Crippen LogP contribution in [0.5, 0.6) is 0 Å². The number of carbonyl (C=O) groups is 1. The van der Waals surface area contributed by atoms with Crippen molar-refractivity contribution in [2.75, 3.05) is 0 Å². The molecule has 0 aliphatic carbocycles. The van der Waals surface area contributed by atoms with Gasteiger partial charge in [0.15, 0.2) is 0 Å². The Hall–Kier alpha value is -0.980. The van der Waals surface area contributed by atoms with Gasteiger partial charge in [-0.05, 0) is 11.4 Å². The topological polar surface area (TPSA) is 17.1 Å². The molecule has 0 unspecified atom stereocenters. The van der Waals surface area contributed by atoms with Crippen molar-refractivity contribution in [1.82, 2.24) is 0 Å². The Balaban J connectivity index is 3.01. The lowest BCUT2D eigenvalue weighted by Crippen LogP contribution is -2.43. The Labute approximate surface area is 79.2 Å². The molecule has 1 heterocycles. The Morgan fingerprint density at radius 2 is 1.79 bits per heavy atom. The third-order valence-corrected chi connectivity index (χ3v) is 2.25. The summed E-state index contributed by atoms with van der Waals surface area (Å²) in [5.74, 6) is -7.52. The fraction of sp³-hybridized carbons (Fsp3) is 0.286. The van der Waals surface area contributed by atoms with E-state index in [4.69, 9.17) is 0 Å². The molecule has 0 amide bonds. The monoisotopic (exact) mass is 230 g/mol. The minimum absolute atomic E-state index is 0.544. The summed E-state index contributed by atoms with van der Waals surface area (Å²) < 4.78 is 60.0. The number of rotatable bonds is 2. The van der Waals surface area contributed by atoms with E-state index in [-0.39, 0.29) is 0 Å². The standard InChI is InChI=1S/C7H3F5OS/c8-6(9,7(10,11)12)5(13)4-2-1-3-14-4/h1-3H. The summed E-state index contributed by atoms with van der Waals surface area (Å²) in [6.45, 7) is 0. The molecule has 0 fully saturated rings. The molecule has 0 spiro atoms. The molecule has 0 saturated carbocycles. The van der Waals surface area contributed by atoms with Crippen LogP contribution in [0.25, 0.3) is 0 Å². The van der Waals surface area contributed by atoms with Gasteiger partial charge in [-0.15, -0.1) is 11.3 Å². The summed E-state index contributed by atoms with van der Waals surface area (Å²) >= 11 is 0.544. The average Bonchev–Trinajstić information content (AvgIpc) is 2.52. The summed E-state index contributed by atoms with van der Waals surface area (Å²) in [7, 11) is 0. The third-order valence-electron chi connectivity index (χ3n) is 1.39. The van der Waals surface area contributed by atoms with Gasteiger partial charge in [0.05, 0.1) is 4.88 Å². The average molecular weight is 230 g/mol. The maximum Gasteiger partial charge on any atom is 0.461 e. The van der Waals surface area contributed by atoms with E-state index in [0.29, 0.717) is 11.3 Å². The van der Waals surface area contributed by atoms with Crippen LogP contribution in [-0.4, -0.2) is 17.9 Å². The lowest BCUT2D eigenvalue weighted by molar-refractivity contribution is -0.255. The van der Waals surface area contributed by atoms with Crippen molar-refractivity contribution in [2.45, 2.75) is 12.1 Å². The molecule has 78 valence electrons. The van der Waals surface area contributed by atoms with E-state index in [1.165, 1.54) is 11.4 Å². The molecule has 0 saturated heterocycles. The number of halogens is 5. The van der Waals surface area contributed by atoms with E-state index in [2.05, 4.69) is 0 Å². The third kappa shape index (κ3) is 1.77. The Morgan fingerprint density at radius 3 is 2.14 bits per heavy atom. The van der Waals surface area contributed by atoms with Gasteiger partial charge in [0.1, 0.15) is 0 Å². The van der Waals surface area contributed by atoms with Gasteiger partial charge < -0.3 is 0 Å². The summed E-state index contributed by atoms with van der Waals surface area (Å²) in [5, 5.41) is 1.25. The first-order valence-electron chi connectivity index (χ1n) is 3.29. The van der Waals surface area contributed by atoms with Crippen LogP contribution in [0.4, 0.5) is 22.0 Å². The van der Waals surface area contributed by atoms with Crippen LogP contribution >= 0.6 is 11.3 Å². The van der Waals surface area contributed by atoms with Crippen LogP contribution < -0.4 is 0 Å². The van der Waals surface area contributed by atoms with E-state index >= 15 is 0 Å². The number of thiophene rings is 1. The van der Waals surface area contributed by atoms with Gasteiger partial charge in [0, 0.05) is 0 Å². The molecule has 1 rings (SSSR count). The summed E-state index contributed by atoms with van der Waals surface area (Å²) in [6, 6.07) is 2.15.